The molecular formula is C18H14N2O6S3-2. The zero-order chi connectivity index (χ0) is 21.3. The molecule has 0 radical (unpaired) electrons. The standard InChI is InChI=1S/C18H16N2O6S3/c1-28-7-6-11(17(25)26)20-16(24)14(29-18(20)27)13-9-4-2-3-5-10(9)19(15(13)23)8-12(21)22/h2-5,11H,6-8H2,1H3,(H,21,22)(H,25,26)/p-2/b14-13+/t11-/m1/s1. The second-order valence-electron chi connectivity index (χ2n) is 6.14. The second kappa shape index (κ2) is 8.56. The van der Waals surface area contributed by atoms with Crippen LogP contribution in [0.4, 0.5) is 5.69 Å². The smallest absolute Gasteiger partial charge is 0.267 e. The first-order valence-corrected chi connectivity index (χ1v) is 11.0. The van der Waals surface area contributed by atoms with Crippen LogP contribution in [0.2, 0.25) is 0 Å². The van der Waals surface area contributed by atoms with E-state index in [0.717, 1.165) is 21.6 Å². The monoisotopic (exact) mass is 450 g/mol. The molecule has 1 saturated heterocycles. The van der Waals surface area contributed by atoms with Crippen molar-refractivity contribution in [2.75, 3.05) is 23.5 Å². The summed E-state index contributed by atoms with van der Waals surface area (Å²) < 4.78 is 0.0106. The minimum atomic E-state index is -1.45. The van der Waals surface area contributed by atoms with Gasteiger partial charge in [-0.1, -0.05) is 42.2 Å². The number of hydrogen-bond acceptors (Lipinski definition) is 9. The number of rotatable bonds is 7. The summed E-state index contributed by atoms with van der Waals surface area (Å²) >= 11 is 7.46. The number of para-hydroxylation sites is 1. The van der Waals surface area contributed by atoms with Crippen LogP contribution in [0.25, 0.3) is 5.57 Å². The Labute approximate surface area is 179 Å². The first-order chi connectivity index (χ1) is 13.8. The first kappa shape index (κ1) is 21.3. The second-order valence-corrected chi connectivity index (χ2v) is 8.77. The van der Waals surface area contributed by atoms with Crippen LogP contribution in [0.15, 0.2) is 29.2 Å². The lowest BCUT2D eigenvalue weighted by atomic mass is 10.1. The van der Waals surface area contributed by atoms with E-state index in [-0.39, 0.29) is 21.2 Å². The molecule has 0 aromatic heterocycles. The lowest BCUT2D eigenvalue weighted by Gasteiger charge is -2.27. The number of fused-ring (bicyclic) bond motifs is 1. The van der Waals surface area contributed by atoms with E-state index in [1.54, 1.807) is 30.5 Å². The van der Waals surface area contributed by atoms with Crippen molar-refractivity contribution in [2.45, 2.75) is 12.5 Å². The largest absolute Gasteiger partial charge is 0.548 e. The van der Waals surface area contributed by atoms with Gasteiger partial charge in [0.15, 0.2) is 0 Å². The molecule has 2 aliphatic rings. The number of anilines is 1. The lowest BCUT2D eigenvalue weighted by molar-refractivity contribution is -0.310. The SMILES string of the molecule is CSCC[C@H](C(=O)[O-])N1C(=O)/C(=C2\C(=O)N(CC(=O)[O-])c3ccccc32)SC1=S. The summed E-state index contributed by atoms with van der Waals surface area (Å²) in [7, 11) is 0. The highest BCUT2D eigenvalue weighted by Crippen LogP contribution is 2.45. The van der Waals surface area contributed by atoms with Crippen molar-refractivity contribution >= 4 is 75.1 Å². The van der Waals surface area contributed by atoms with E-state index < -0.39 is 36.3 Å². The van der Waals surface area contributed by atoms with Gasteiger partial charge in [0.2, 0.25) is 0 Å². The number of amides is 2. The number of benzene rings is 1. The van der Waals surface area contributed by atoms with Gasteiger partial charge in [-0.2, -0.15) is 11.8 Å². The van der Waals surface area contributed by atoms with Gasteiger partial charge in [0, 0.05) is 5.56 Å². The average molecular weight is 451 g/mol. The van der Waals surface area contributed by atoms with Crippen molar-refractivity contribution in [3.8, 4) is 0 Å². The lowest BCUT2D eigenvalue weighted by Crippen LogP contribution is -2.50. The third-order valence-electron chi connectivity index (χ3n) is 4.42. The van der Waals surface area contributed by atoms with Crippen LogP contribution in [0.1, 0.15) is 12.0 Å². The van der Waals surface area contributed by atoms with Crippen molar-refractivity contribution in [1.29, 1.82) is 0 Å². The quantitative estimate of drug-likeness (QED) is 0.389. The molecule has 3 rings (SSSR count). The number of hydrogen-bond donors (Lipinski definition) is 0. The summed E-state index contributed by atoms with van der Waals surface area (Å²) in [5.74, 6) is -3.79. The third-order valence-corrected chi connectivity index (χ3v) is 6.46. The molecule has 1 aromatic rings. The molecular weight excluding hydrogens is 436 g/mol. The molecule has 152 valence electrons. The number of carboxylic acids is 2. The Morgan fingerprint density at radius 2 is 1.90 bits per heavy atom. The number of carboxylic acid groups (broad SMARTS) is 2. The maximum atomic E-state index is 13.1. The predicted molar refractivity (Wildman–Crippen MR) is 110 cm³/mol. The zero-order valence-corrected chi connectivity index (χ0v) is 17.5. The fourth-order valence-corrected chi connectivity index (χ4v) is 5.05. The average Bonchev–Trinajstić information content (AvgIpc) is 3.09. The van der Waals surface area contributed by atoms with E-state index in [2.05, 4.69) is 0 Å². The molecule has 1 atom stereocenters. The van der Waals surface area contributed by atoms with Crippen molar-refractivity contribution < 1.29 is 29.4 Å². The van der Waals surface area contributed by atoms with Crippen molar-refractivity contribution in [1.82, 2.24) is 4.90 Å². The van der Waals surface area contributed by atoms with E-state index >= 15 is 0 Å². The first-order valence-electron chi connectivity index (χ1n) is 8.38. The van der Waals surface area contributed by atoms with E-state index in [1.165, 1.54) is 11.8 Å². The van der Waals surface area contributed by atoms with Gasteiger partial charge in [-0.15, -0.1) is 0 Å². The van der Waals surface area contributed by atoms with Gasteiger partial charge in [0.05, 0.1) is 40.7 Å². The molecule has 2 heterocycles. The Balaban J connectivity index is 2.06. The van der Waals surface area contributed by atoms with Gasteiger partial charge in [0.25, 0.3) is 11.8 Å². The fraction of sp³-hybridized carbons (Fsp3) is 0.278. The summed E-state index contributed by atoms with van der Waals surface area (Å²) in [6, 6.07) is 5.19. The summed E-state index contributed by atoms with van der Waals surface area (Å²) in [4.78, 5) is 50.6. The van der Waals surface area contributed by atoms with Crippen LogP contribution in [-0.2, 0) is 19.2 Å². The van der Waals surface area contributed by atoms with Crippen LogP contribution in [0.5, 0.6) is 0 Å². The minimum Gasteiger partial charge on any atom is -0.548 e. The van der Waals surface area contributed by atoms with Gasteiger partial charge in [0.1, 0.15) is 4.32 Å². The Kier molecular flexibility index (Phi) is 6.30. The van der Waals surface area contributed by atoms with E-state index in [1.807, 2.05) is 0 Å². The van der Waals surface area contributed by atoms with Crippen LogP contribution in [0.3, 0.4) is 0 Å². The van der Waals surface area contributed by atoms with Crippen molar-refractivity contribution in [3.63, 3.8) is 0 Å². The predicted octanol–water partition coefficient (Wildman–Crippen LogP) is -0.774. The number of aliphatic carboxylic acids is 2. The van der Waals surface area contributed by atoms with Gasteiger partial charge in [-0.25, -0.2) is 0 Å². The Morgan fingerprint density at radius 1 is 1.21 bits per heavy atom. The number of thiocarbonyl (C=S) groups is 1. The fourth-order valence-electron chi connectivity index (χ4n) is 3.17. The summed E-state index contributed by atoms with van der Waals surface area (Å²) in [6.45, 7) is -0.672. The normalized spacial score (nSPS) is 19.7. The van der Waals surface area contributed by atoms with Crippen molar-refractivity contribution in [2.24, 2.45) is 0 Å². The maximum Gasteiger partial charge on any atom is 0.267 e. The maximum absolute atomic E-state index is 13.1. The molecule has 0 N–H and O–H groups in total. The molecule has 2 amide bonds. The molecule has 1 aromatic carbocycles. The Bertz CT molecular complexity index is 961. The molecule has 0 bridgehead atoms. The van der Waals surface area contributed by atoms with Crippen LogP contribution >= 0.6 is 35.7 Å². The van der Waals surface area contributed by atoms with Crippen molar-refractivity contribution in [3.05, 3.63) is 34.7 Å². The zero-order valence-electron chi connectivity index (χ0n) is 15.1. The topological polar surface area (TPSA) is 121 Å². The molecule has 2 aliphatic heterocycles. The number of nitrogens with zero attached hydrogens (tertiary/aromatic N) is 2. The highest BCUT2D eigenvalue weighted by molar-refractivity contribution is 8.26. The van der Waals surface area contributed by atoms with Gasteiger partial charge in [-0.05, 0) is 24.5 Å². The molecule has 29 heavy (non-hydrogen) atoms. The molecule has 0 unspecified atom stereocenters. The molecule has 8 nitrogen and oxygen atoms in total. The highest BCUT2D eigenvalue weighted by Gasteiger charge is 2.44. The summed E-state index contributed by atoms with van der Waals surface area (Å²) in [5, 5.41) is 22.7. The number of carbonyl (C=O) groups excluding carboxylic acids is 4. The van der Waals surface area contributed by atoms with Crippen LogP contribution < -0.4 is 15.1 Å². The van der Waals surface area contributed by atoms with Gasteiger partial charge < -0.3 is 24.7 Å². The third kappa shape index (κ3) is 3.89. The van der Waals surface area contributed by atoms with Gasteiger partial charge >= 0.3 is 0 Å². The molecule has 11 heteroatoms. The summed E-state index contributed by atoms with van der Waals surface area (Å²) in [6.07, 6.45) is 1.94. The molecule has 0 aliphatic carbocycles. The van der Waals surface area contributed by atoms with E-state index in [4.69, 9.17) is 12.2 Å². The molecule has 1 fully saturated rings. The Hall–Kier alpha value is -2.37. The van der Waals surface area contributed by atoms with E-state index in [9.17, 15) is 29.4 Å². The molecule has 0 spiro atoms. The van der Waals surface area contributed by atoms with Gasteiger partial charge in [-0.3, -0.25) is 14.5 Å². The highest BCUT2D eigenvalue weighted by atomic mass is 32.2. The Morgan fingerprint density at radius 3 is 2.52 bits per heavy atom. The summed E-state index contributed by atoms with van der Waals surface area (Å²) in [5.41, 5.74) is 0.720. The van der Waals surface area contributed by atoms with E-state index in [0.29, 0.717) is 17.0 Å². The van der Waals surface area contributed by atoms with Crippen LogP contribution in [-0.4, -0.2) is 57.6 Å². The number of carbonyl (C=O) groups is 4. The van der Waals surface area contributed by atoms with Crippen LogP contribution in [0, 0.1) is 0 Å². The minimum absolute atomic E-state index is 0.00339. The molecule has 0 saturated carbocycles. The number of thioether (sulfide) groups is 2.